The summed E-state index contributed by atoms with van der Waals surface area (Å²) in [6.07, 6.45) is -3.96. The predicted octanol–water partition coefficient (Wildman–Crippen LogP) is 1.48. The lowest BCUT2D eigenvalue weighted by Crippen LogP contribution is -2.61. The number of amides is 5. The Morgan fingerprint density at radius 3 is 2.44 bits per heavy atom. The average Bonchev–Trinajstić information content (AvgIpc) is 3.17. The number of piperidine rings is 2. The molecule has 0 unspecified atom stereocenters. The summed E-state index contributed by atoms with van der Waals surface area (Å²) in [5, 5.41) is 5.02. The summed E-state index contributed by atoms with van der Waals surface area (Å²) in [5.74, 6) is -7.68. The minimum absolute atomic E-state index is 0.0453. The van der Waals surface area contributed by atoms with Gasteiger partial charge in [-0.15, -0.1) is 0 Å². The molecule has 220 valence electrons. The molecule has 3 fully saturated rings. The number of nitrogens with zero attached hydrogens (tertiary/aromatic N) is 2. The van der Waals surface area contributed by atoms with Crippen LogP contribution in [0, 0.1) is 29.1 Å². The van der Waals surface area contributed by atoms with Crippen LogP contribution in [0.4, 0.5) is 17.6 Å². The minimum Gasteiger partial charge on any atom is -0.356 e. The van der Waals surface area contributed by atoms with Gasteiger partial charge in [-0.3, -0.25) is 29.4 Å². The number of nitrogens with one attached hydrogen (secondary N) is 3. The van der Waals surface area contributed by atoms with Crippen molar-refractivity contribution in [2.75, 3.05) is 19.6 Å². The van der Waals surface area contributed by atoms with Gasteiger partial charge in [-0.05, 0) is 36.0 Å². The van der Waals surface area contributed by atoms with Gasteiger partial charge in [-0.25, -0.2) is 9.40 Å². The summed E-state index contributed by atoms with van der Waals surface area (Å²) in [6, 6.07) is -2.77. The fraction of sp³-hybridized carbons (Fsp3) is 0.792. The van der Waals surface area contributed by atoms with E-state index in [4.69, 9.17) is 11.6 Å². The van der Waals surface area contributed by atoms with Crippen molar-refractivity contribution in [1.82, 2.24) is 26.0 Å². The molecule has 39 heavy (non-hydrogen) atoms. The summed E-state index contributed by atoms with van der Waals surface area (Å²) in [7, 11) is 0. The molecular formula is C24H34ClF4N5O5. The summed E-state index contributed by atoms with van der Waals surface area (Å²) >= 11 is 5.35. The third kappa shape index (κ3) is 6.41. The van der Waals surface area contributed by atoms with Crippen LogP contribution in [0.1, 0.15) is 47.0 Å². The van der Waals surface area contributed by atoms with E-state index in [2.05, 4.69) is 10.7 Å². The quantitative estimate of drug-likeness (QED) is 0.227. The number of carbonyl (C=O) groups is 5. The highest BCUT2D eigenvalue weighted by atomic mass is 35.5. The number of alkyl halides is 5. The van der Waals surface area contributed by atoms with E-state index < -0.39 is 70.7 Å². The SMILES string of the molecule is CC[C@H](C)[C@H](NC(=O)C(F)(F)F)C(=O)N1C[C@H]2[C@@H]([C@H]1C(=O)NN(C[C@@H]1CCCNC1=O)C(=O)[C@H](F)Cl)C2(C)C. The van der Waals surface area contributed by atoms with Gasteiger partial charge in [0.05, 0.1) is 12.5 Å². The summed E-state index contributed by atoms with van der Waals surface area (Å²) in [6.45, 7) is 7.01. The number of hydrogen-bond donors (Lipinski definition) is 3. The smallest absolute Gasteiger partial charge is 0.356 e. The molecule has 10 nitrogen and oxygen atoms in total. The van der Waals surface area contributed by atoms with Crippen molar-refractivity contribution in [1.29, 1.82) is 0 Å². The molecule has 1 saturated carbocycles. The standard InChI is InChI=1S/C24H34ClF4N5O5/c1-5-11(2)15(31-22(39)24(27,28)29)20(37)33-10-13-14(23(13,3)4)16(33)19(36)32-34(21(38)17(25)26)9-12-7-6-8-30-18(12)35/h11-17H,5-10H2,1-4H3,(H,30,35)(H,31,39)(H,32,36)/t11-,12-,13-,14-,15-,16-,17-/m0/s1. The van der Waals surface area contributed by atoms with Gasteiger partial charge < -0.3 is 15.5 Å². The van der Waals surface area contributed by atoms with E-state index in [1.54, 1.807) is 12.2 Å². The zero-order valence-corrected chi connectivity index (χ0v) is 22.9. The molecular weight excluding hydrogens is 550 g/mol. The molecule has 3 rings (SSSR count). The second kappa shape index (κ2) is 11.5. The lowest BCUT2D eigenvalue weighted by molar-refractivity contribution is -0.175. The van der Waals surface area contributed by atoms with Gasteiger partial charge in [0.15, 0.2) is 0 Å². The van der Waals surface area contributed by atoms with Gasteiger partial charge in [0, 0.05) is 13.1 Å². The summed E-state index contributed by atoms with van der Waals surface area (Å²) in [5.41, 5.74) is -0.600. The Morgan fingerprint density at radius 2 is 1.90 bits per heavy atom. The highest BCUT2D eigenvalue weighted by Crippen LogP contribution is 2.65. The third-order valence-corrected chi connectivity index (χ3v) is 8.47. The first kappa shape index (κ1) is 30.9. The molecule has 0 aromatic heterocycles. The first-order valence-corrected chi connectivity index (χ1v) is 13.3. The second-order valence-electron chi connectivity index (χ2n) is 11.1. The lowest BCUT2D eigenvalue weighted by Gasteiger charge is -2.36. The van der Waals surface area contributed by atoms with Crippen LogP contribution in [0.2, 0.25) is 0 Å². The van der Waals surface area contributed by atoms with Crippen LogP contribution in [0.25, 0.3) is 0 Å². The van der Waals surface area contributed by atoms with Crippen molar-refractivity contribution >= 4 is 41.1 Å². The molecule has 0 bridgehead atoms. The molecule has 15 heteroatoms. The zero-order valence-electron chi connectivity index (χ0n) is 22.1. The highest BCUT2D eigenvalue weighted by molar-refractivity contribution is 6.29. The number of hydrazine groups is 1. The Bertz CT molecular complexity index is 1010. The fourth-order valence-corrected chi connectivity index (χ4v) is 5.75. The Balaban J connectivity index is 1.86. The van der Waals surface area contributed by atoms with Gasteiger partial charge in [0.25, 0.3) is 17.4 Å². The zero-order chi connectivity index (χ0) is 29.4. The molecule has 0 aromatic rings. The largest absolute Gasteiger partial charge is 0.471 e. The Hall–Kier alpha value is -2.64. The molecule has 2 heterocycles. The normalized spacial score (nSPS) is 27.9. The van der Waals surface area contributed by atoms with Crippen LogP contribution >= 0.6 is 11.6 Å². The van der Waals surface area contributed by atoms with Crippen molar-refractivity contribution in [2.45, 2.75) is 70.8 Å². The molecule has 0 spiro atoms. The van der Waals surface area contributed by atoms with Gasteiger partial charge in [-0.1, -0.05) is 45.7 Å². The number of rotatable bonds is 8. The van der Waals surface area contributed by atoms with E-state index >= 15 is 0 Å². The molecule has 3 N–H and O–H groups in total. The molecule has 2 aliphatic heterocycles. The molecule has 0 aromatic carbocycles. The molecule has 5 amide bonds. The van der Waals surface area contributed by atoms with Crippen LogP contribution in [0.5, 0.6) is 0 Å². The maximum Gasteiger partial charge on any atom is 0.471 e. The van der Waals surface area contributed by atoms with Crippen LogP contribution < -0.4 is 16.1 Å². The Kier molecular flexibility index (Phi) is 9.08. The van der Waals surface area contributed by atoms with Crippen molar-refractivity contribution in [3.8, 4) is 0 Å². The summed E-state index contributed by atoms with van der Waals surface area (Å²) < 4.78 is 52.8. The Labute approximate surface area is 228 Å². The summed E-state index contributed by atoms with van der Waals surface area (Å²) in [4.78, 5) is 64.6. The highest BCUT2D eigenvalue weighted by Gasteiger charge is 2.70. The van der Waals surface area contributed by atoms with Crippen molar-refractivity contribution in [3.63, 3.8) is 0 Å². The van der Waals surface area contributed by atoms with Crippen molar-refractivity contribution in [3.05, 3.63) is 0 Å². The average molecular weight is 584 g/mol. The topological polar surface area (TPSA) is 128 Å². The first-order chi connectivity index (χ1) is 18.0. The molecule has 7 atom stereocenters. The maximum atomic E-state index is 13.8. The van der Waals surface area contributed by atoms with Gasteiger partial charge in [-0.2, -0.15) is 13.2 Å². The number of halogens is 5. The van der Waals surface area contributed by atoms with Gasteiger partial charge in [0.2, 0.25) is 11.8 Å². The fourth-order valence-electron chi connectivity index (χ4n) is 5.64. The second-order valence-corrected chi connectivity index (χ2v) is 11.5. The molecule has 2 saturated heterocycles. The van der Waals surface area contributed by atoms with Crippen LogP contribution in [0.15, 0.2) is 0 Å². The van der Waals surface area contributed by atoms with Gasteiger partial charge in [0.1, 0.15) is 12.1 Å². The van der Waals surface area contributed by atoms with E-state index in [-0.39, 0.29) is 31.3 Å². The first-order valence-electron chi connectivity index (χ1n) is 12.9. The number of likely N-dealkylation sites (tertiary alicyclic amines) is 1. The van der Waals surface area contributed by atoms with Gasteiger partial charge >= 0.3 is 12.1 Å². The van der Waals surface area contributed by atoms with Crippen LogP contribution in [-0.2, 0) is 24.0 Å². The number of hydrogen-bond acceptors (Lipinski definition) is 5. The monoisotopic (exact) mass is 583 g/mol. The third-order valence-electron chi connectivity index (χ3n) is 8.28. The maximum absolute atomic E-state index is 13.8. The van der Waals surface area contributed by atoms with Crippen LogP contribution in [0.3, 0.4) is 0 Å². The van der Waals surface area contributed by atoms with E-state index in [1.165, 1.54) is 6.92 Å². The van der Waals surface area contributed by atoms with Crippen LogP contribution in [-0.4, -0.2) is 83.0 Å². The molecule has 3 aliphatic rings. The number of fused-ring (bicyclic) bond motifs is 1. The van der Waals surface area contributed by atoms with E-state index in [0.717, 1.165) is 4.90 Å². The van der Waals surface area contributed by atoms with Crippen molar-refractivity contribution in [2.24, 2.45) is 29.1 Å². The predicted molar refractivity (Wildman–Crippen MR) is 130 cm³/mol. The Morgan fingerprint density at radius 1 is 1.26 bits per heavy atom. The molecule has 1 aliphatic carbocycles. The molecule has 0 radical (unpaired) electrons. The van der Waals surface area contributed by atoms with E-state index in [0.29, 0.717) is 24.4 Å². The number of carbonyl (C=O) groups excluding carboxylic acids is 5. The van der Waals surface area contributed by atoms with E-state index in [1.807, 2.05) is 13.8 Å². The lowest BCUT2D eigenvalue weighted by atomic mass is 9.95. The van der Waals surface area contributed by atoms with Crippen molar-refractivity contribution < 1.29 is 41.5 Å². The minimum atomic E-state index is -5.21. The van der Waals surface area contributed by atoms with E-state index in [9.17, 15) is 41.5 Å².